The van der Waals surface area contributed by atoms with E-state index in [1.807, 2.05) is 6.07 Å². The molecule has 13 heavy (non-hydrogen) atoms. The van der Waals surface area contributed by atoms with Crippen LogP contribution in [0.25, 0.3) is 0 Å². The van der Waals surface area contributed by atoms with Gasteiger partial charge in [-0.25, -0.2) is 8.78 Å². The topological polar surface area (TPSA) is 33.0 Å². The maximum atomic E-state index is 12.8. The molecule has 0 saturated carbocycles. The molecule has 0 heterocycles. The Balaban J connectivity index is 2.62. The summed E-state index contributed by atoms with van der Waals surface area (Å²) in [4.78, 5) is 0. The molecule has 0 unspecified atom stereocenters. The van der Waals surface area contributed by atoms with Gasteiger partial charge >= 0.3 is 0 Å². The van der Waals surface area contributed by atoms with Gasteiger partial charge < -0.3 is 4.74 Å². The lowest BCUT2D eigenvalue weighted by molar-refractivity contribution is 0.308. The molecule has 0 N–H and O–H groups in total. The number of nitrogens with zero attached hydrogens (tertiary/aromatic N) is 1. The quantitative estimate of drug-likeness (QED) is 0.673. The molecule has 1 aromatic rings. The minimum Gasteiger partial charge on any atom is -0.489 e. The molecule has 0 fully saturated rings. The molecule has 0 bridgehead atoms. The van der Waals surface area contributed by atoms with Gasteiger partial charge in [-0.2, -0.15) is 5.26 Å². The summed E-state index contributed by atoms with van der Waals surface area (Å²) in [5.41, 5.74) is 0. The van der Waals surface area contributed by atoms with Crippen LogP contribution in [0.5, 0.6) is 5.75 Å². The molecular formula is C9H7F2NO. The van der Waals surface area contributed by atoms with E-state index in [2.05, 4.69) is 0 Å². The molecule has 0 radical (unpaired) electrons. The Kier molecular flexibility index (Phi) is 3.21. The summed E-state index contributed by atoms with van der Waals surface area (Å²) >= 11 is 0. The fraction of sp³-hybridized carbons (Fsp3) is 0.222. The number of nitriles is 1. The summed E-state index contributed by atoms with van der Waals surface area (Å²) in [7, 11) is 0. The van der Waals surface area contributed by atoms with Gasteiger partial charge in [-0.1, -0.05) is 0 Å². The summed E-state index contributed by atoms with van der Waals surface area (Å²) in [6.07, 6.45) is 0.177. The standard InChI is InChI=1S/C9H7F2NO/c10-7-2-3-9(8(11)6-7)13-5-1-4-12/h2-3,6H,1,5H2. The molecule has 0 aliphatic carbocycles. The van der Waals surface area contributed by atoms with E-state index >= 15 is 0 Å². The molecule has 0 aliphatic heterocycles. The van der Waals surface area contributed by atoms with Crippen molar-refractivity contribution in [3.63, 3.8) is 0 Å². The average Bonchev–Trinajstić information content (AvgIpc) is 2.09. The molecule has 0 aliphatic rings. The lowest BCUT2D eigenvalue weighted by atomic mass is 10.3. The first-order chi connectivity index (χ1) is 6.24. The molecule has 1 aromatic carbocycles. The summed E-state index contributed by atoms with van der Waals surface area (Å²) in [5, 5.41) is 8.17. The minimum atomic E-state index is -0.752. The Morgan fingerprint density at radius 3 is 2.77 bits per heavy atom. The third-order valence-electron chi connectivity index (χ3n) is 1.37. The maximum Gasteiger partial charge on any atom is 0.167 e. The molecule has 2 nitrogen and oxygen atoms in total. The van der Waals surface area contributed by atoms with Crippen molar-refractivity contribution in [2.75, 3.05) is 6.61 Å². The third-order valence-corrected chi connectivity index (χ3v) is 1.37. The van der Waals surface area contributed by atoms with Gasteiger partial charge in [0, 0.05) is 6.07 Å². The van der Waals surface area contributed by atoms with E-state index in [0.717, 1.165) is 12.1 Å². The molecule has 0 atom stereocenters. The monoisotopic (exact) mass is 183 g/mol. The SMILES string of the molecule is N#CCCOc1ccc(F)cc1F. The first-order valence-electron chi connectivity index (χ1n) is 3.69. The fourth-order valence-corrected chi connectivity index (χ4v) is 0.799. The van der Waals surface area contributed by atoms with Crippen molar-refractivity contribution >= 4 is 0 Å². The second-order valence-corrected chi connectivity index (χ2v) is 2.33. The van der Waals surface area contributed by atoms with E-state index in [9.17, 15) is 8.78 Å². The smallest absolute Gasteiger partial charge is 0.167 e. The summed E-state index contributed by atoms with van der Waals surface area (Å²) in [6.45, 7) is 0.110. The van der Waals surface area contributed by atoms with Crippen LogP contribution in [-0.4, -0.2) is 6.61 Å². The van der Waals surface area contributed by atoms with Crippen LogP contribution in [0.1, 0.15) is 6.42 Å². The van der Waals surface area contributed by atoms with E-state index in [1.165, 1.54) is 6.07 Å². The van der Waals surface area contributed by atoms with Crippen LogP contribution < -0.4 is 4.74 Å². The van der Waals surface area contributed by atoms with Crippen LogP contribution in [0.4, 0.5) is 8.78 Å². The first kappa shape index (κ1) is 9.46. The largest absolute Gasteiger partial charge is 0.489 e. The lowest BCUT2D eigenvalue weighted by Gasteiger charge is -2.03. The fourth-order valence-electron chi connectivity index (χ4n) is 0.799. The average molecular weight is 183 g/mol. The Morgan fingerprint density at radius 1 is 1.38 bits per heavy atom. The highest BCUT2D eigenvalue weighted by Gasteiger charge is 2.03. The van der Waals surface area contributed by atoms with E-state index < -0.39 is 11.6 Å². The molecule has 0 aromatic heterocycles. The zero-order chi connectivity index (χ0) is 9.68. The maximum absolute atomic E-state index is 12.8. The van der Waals surface area contributed by atoms with Crippen LogP contribution in [0.3, 0.4) is 0 Å². The number of hydrogen-bond donors (Lipinski definition) is 0. The summed E-state index contributed by atoms with van der Waals surface area (Å²) in [5.74, 6) is -1.43. The van der Waals surface area contributed by atoms with Crippen LogP contribution in [0, 0.1) is 23.0 Å². The highest BCUT2D eigenvalue weighted by atomic mass is 19.1. The number of ether oxygens (including phenoxy) is 1. The van der Waals surface area contributed by atoms with Gasteiger partial charge in [0.15, 0.2) is 11.6 Å². The van der Waals surface area contributed by atoms with Crippen molar-refractivity contribution in [1.29, 1.82) is 5.26 Å². The highest BCUT2D eigenvalue weighted by Crippen LogP contribution is 2.17. The van der Waals surface area contributed by atoms with E-state index in [4.69, 9.17) is 10.00 Å². The third kappa shape index (κ3) is 2.71. The highest BCUT2D eigenvalue weighted by molar-refractivity contribution is 5.24. The van der Waals surface area contributed by atoms with Crippen molar-refractivity contribution < 1.29 is 13.5 Å². The molecule has 0 amide bonds. The van der Waals surface area contributed by atoms with Gasteiger partial charge in [0.2, 0.25) is 0 Å². The Labute approximate surface area is 74.4 Å². The van der Waals surface area contributed by atoms with Crippen molar-refractivity contribution in [2.45, 2.75) is 6.42 Å². The minimum absolute atomic E-state index is 0.0309. The number of halogens is 2. The van der Waals surface area contributed by atoms with Gasteiger partial charge in [-0.15, -0.1) is 0 Å². The van der Waals surface area contributed by atoms with Crippen molar-refractivity contribution in [3.05, 3.63) is 29.8 Å². The molecule has 0 saturated heterocycles. The van der Waals surface area contributed by atoms with Gasteiger partial charge in [0.25, 0.3) is 0 Å². The van der Waals surface area contributed by atoms with Crippen molar-refractivity contribution in [3.8, 4) is 11.8 Å². The number of rotatable bonds is 3. The normalized spacial score (nSPS) is 9.31. The van der Waals surface area contributed by atoms with Crippen LogP contribution in [-0.2, 0) is 0 Å². The second-order valence-electron chi connectivity index (χ2n) is 2.33. The molecule has 68 valence electrons. The number of benzene rings is 1. The molecular weight excluding hydrogens is 176 g/mol. The summed E-state index contributed by atoms with van der Waals surface area (Å²) in [6, 6.07) is 4.88. The number of hydrogen-bond acceptors (Lipinski definition) is 2. The second kappa shape index (κ2) is 4.41. The predicted molar refractivity (Wildman–Crippen MR) is 42.1 cm³/mol. The Hall–Kier alpha value is -1.63. The zero-order valence-corrected chi connectivity index (χ0v) is 6.76. The van der Waals surface area contributed by atoms with E-state index in [-0.39, 0.29) is 18.8 Å². The van der Waals surface area contributed by atoms with Crippen molar-refractivity contribution in [1.82, 2.24) is 0 Å². The van der Waals surface area contributed by atoms with Crippen LogP contribution in [0.2, 0.25) is 0 Å². The van der Waals surface area contributed by atoms with E-state index in [0.29, 0.717) is 0 Å². The Bertz CT molecular complexity index is 333. The van der Waals surface area contributed by atoms with Crippen molar-refractivity contribution in [2.24, 2.45) is 0 Å². The predicted octanol–water partition coefficient (Wildman–Crippen LogP) is 2.26. The van der Waals surface area contributed by atoms with Crippen LogP contribution in [0.15, 0.2) is 18.2 Å². The molecule has 0 spiro atoms. The first-order valence-corrected chi connectivity index (χ1v) is 3.69. The molecule has 4 heteroatoms. The molecule has 1 rings (SSSR count). The van der Waals surface area contributed by atoms with Gasteiger partial charge in [0.05, 0.1) is 12.5 Å². The lowest BCUT2D eigenvalue weighted by Crippen LogP contribution is -1.98. The van der Waals surface area contributed by atoms with Gasteiger partial charge in [0.1, 0.15) is 12.4 Å². The Morgan fingerprint density at radius 2 is 2.15 bits per heavy atom. The zero-order valence-electron chi connectivity index (χ0n) is 6.76. The summed E-state index contributed by atoms with van der Waals surface area (Å²) < 4.78 is 30.1. The van der Waals surface area contributed by atoms with Gasteiger partial charge in [-0.05, 0) is 12.1 Å². The van der Waals surface area contributed by atoms with Gasteiger partial charge in [-0.3, -0.25) is 0 Å². The van der Waals surface area contributed by atoms with E-state index in [1.54, 1.807) is 0 Å². The van der Waals surface area contributed by atoms with Crippen LogP contribution >= 0.6 is 0 Å².